The van der Waals surface area contributed by atoms with Crippen LogP contribution in [0.25, 0.3) is 0 Å². The summed E-state index contributed by atoms with van der Waals surface area (Å²) in [7, 11) is 1.29. The normalized spacial score (nSPS) is 24.3. The maximum atomic E-state index is 12.9. The number of aliphatic hydroxyl groups is 1. The number of fused-ring (bicyclic) bond motifs is 1. The minimum absolute atomic E-state index is 0.124. The van der Waals surface area contributed by atoms with E-state index in [1.54, 1.807) is 0 Å². The zero-order valence-electron chi connectivity index (χ0n) is 15.0. The number of hydrogen-bond acceptors (Lipinski definition) is 6. The van der Waals surface area contributed by atoms with Crippen LogP contribution in [0, 0.1) is 0 Å². The summed E-state index contributed by atoms with van der Waals surface area (Å²) in [4.78, 5) is 28.5. The topological polar surface area (TPSA) is 87.9 Å². The highest BCUT2D eigenvalue weighted by atomic mass is 16.5. The molecule has 0 unspecified atom stereocenters. The first-order chi connectivity index (χ1) is 11.9. The average molecular weight is 350 g/mol. The monoisotopic (exact) mass is 350 g/mol. The molecule has 0 aromatic carbocycles. The van der Waals surface area contributed by atoms with Gasteiger partial charge >= 0.3 is 5.97 Å². The lowest BCUT2D eigenvalue weighted by Crippen LogP contribution is -2.41. The van der Waals surface area contributed by atoms with Gasteiger partial charge in [0.05, 0.1) is 18.9 Å². The van der Waals surface area contributed by atoms with E-state index in [2.05, 4.69) is 23.8 Å². The number of nitrogens with zero attached hydrogens (tertiary/aromatic N) is 4. The first kappa shape index (κ1) is 17.9. The Morgan fingerprint density at radius 3 is 2.80 bits per heavy atom. The van der Waals surface area contributed by atoms with E-state index in [4.69, 9.17) is 4.74 Å². The minimum atomic E-state index is -0.749. The van der Waals surface area contributed by atoms with E-state index < -0.39 is 18.1 Å². The molecule has 8 nitrogen and oxygen atoms in total. The number of ether oxygens (including phenoxy) is 1. The van der Waals surface area contributed by atoms with Crippen molar-refractivity contribution in [3.05, 3.63) is 17.5 Å². The Bertz CT molecular complexity index is 657. The van der Waals surface area contributed by atoms with Gasteiger partial charge in [-0.2, -0.15) is 5.10 Å². The number of aryl methyl sites for hydroxylation is 1. The molecule has 0 spiro atoms. The number of β-amino-alcohol motifs (C(OH)–C–C–N with tert-alkyl or cyclic N) is 1. The van der Waals surface area contributed by atoms with Gasteiger partial charge in [-0.05, 0) is 26.3 Å². The molecule has 2 aliphatic rings. The lowest BCUT2D eigenvalue weighted by molar-refractivity contribution is -0.145. The second kappa shape index (κ2) is 7.13. The molecular formula is C17H26N4O4. The summed E-state index contributed by atoms with van der Waals surface area (Å²) >= 11 is 0. The standard InChI is InChI=1S/C17H26N4O4/c1-11(2)19-5-4-6-21-12(9-19)7-14(18-21)16(23)20-10-13(22)8-15(20)17(24)25-3/h7,11,13,15,22H,4-6,8-10H2,1-3H3/t13-,15+/m1/s1. The predicted molar refractivity (Wildman–Crippen MR) is 89.9 cm³/mol. The summed E-state index contributed by atoms with van der Waals surface area (Å²) in [6, 6.07) is 1.49. The molecule has 0 bridgehead atoms. The maximum Gasteiger partial charge on any atom is 0.328 e. The number of amides is 1. The summed E-state index contributed by atoms with van der Waals surface area (Å²) in [6.07, 6.45) is 0.464. The van der Waals surface area contributed by atoms with Gasteiger partial charge in [0.1, 0.15) is 6.04 Å². The molecule has 1 aromatic heterocycles. The van der Waals surface area contributed by atoms with Gasteiger partial charge in [0.2, 0.25) is 0 Å². The van der Waals surface area contributed by atoms with Crippen molar-refractivity contribution in [3.8, 4) is 0 Å². The Balaban J connectivity index is 1.81. The summed E-state index contributed by atoms with van der Waals surface area (Å²) in [6.45, 7) is 6.97. The van der Waals surface area contributed by atoms with Gasteiger partial charge < -0.3 is 14.7 Å². The molecule has 1 saturated heterocycles. The van der Waals surface area contributed by atoms with Gasteiger partial charge in [-0.3, -0.25) is 14.4 Å². The third-order valence-corrected chi connectivity index (χ3v) is 5.01. The molecule has 1 fully saturated rings. The van der Waals surface area contributed by atoms with E-state index in [-0.39, 0.29) is 18.9 Å². The highest BCUT2D eigenvalue weighted by molar-refractivity contribution is 5.95. The number of hydrogen-bond donors (Lipinski definition) is 1. The van der Waals surface area contributed by atoms with Crippen molar-refractivity contribution in [1.82, 2.24) is 19.6 Å². The quantitative estimate of drug-likeness (QED) is 0.786. The number of aromatic nitrogens is 2. The van der Waals surface area contributed by atoms with Crippen molar-refractivity contribution in [1.29, 1.82) is 0 Å². The van der Waals surface area contributed by atoms with Crippen LogP contribution in [0.15, 0.2) is 6.07 Å². The fourth-order valence-corrected chi connectivity index (χ4v) is 3.58. The van der Waals surface area contributed by atoms with Crippen LogP contribution < -0.4 is 0 Å². The second-order valence-electron chi connectivity index (χ2n) is 7.05. The molecule has 1 N–H and O–H groups in total. The summed E-state index contributed by atoms with van der Waals surface area (Å²) in [5.41, 5.74) is 1.33. The van der Waals surface area contributed by atoms with Crippen LogP contribution in [-0.4, -0.2) is 75.0 Å². The lowest BCUT2D eigenvalue weighted by atomic mass is 10.2. The van der Waals surface area contributed by atoms with Gasteiger partial charge in [0.25, 0.3) is 5.91 Å². The van der Waals surface area contributed by atoms with Crippen LogP contribution in [0.5, 0.6) is 0 Å². The van der Waals surface area contributed by atoms with E-state index in [0.717, 1.165) is 31.7 Å². The fourth-order valence-electron chi connectivity index (χ4n) is 3.58. The van der Waals surface area contributed by atoms with Crippen molar-refractivity contribution in [2.75, 3.05) is 20.2 Å². The molecule has 138 valence electrons. The van der Waals surface area contributed by atoms with Crippen LogP contribution in [0.3, 0.4) is 0 Å². The third kappa shape index (κ3) is 3.55. The molecule has 8 heteroatoms. The van der Waals surface area contributed by atoms with Crippen LogP contribution in [0.2, 0.25) is 0 Å². The van der Waals surface area contributed by atoms with E-state index >= 15 is 0 Å². The highest BCUT2D eigenvalue weighted by Gasteiger charge is 2.40. The van der Waals surface area contributed by atoms with Gasteiger partial charge in [0, 0.05) is 38.6 Å². The zero-order valence-corrected chi connectivity index (χ0v) is 15.0. The van der Waals surface area contributed by atoms with Gasteiger partial charge in [-0.1, -0.05) is 0 Å². The largest absolute Gasteiger partial charge is 0.467 e. The Kier molecular flexibility index (Phi) is 5.10. The van der Waals surface area contributed by atoms with Gasteiger partial charge in [-0.15, -0.1) is 0 Å². The summed E-state index contributed by atoms with van der Waals surface area (Å²) < 4.78 is 6.64. The average Bonchev–Trinajstić information content (AvgIpc) is 3.10. The Morgan fingerprint density at radius 2 is 2.12 bits per heavy atom. The van der Waals surface area contributed by atoms with Crippen molar-refractivity contribution in [2.45, 2.75) is 58.0 Å². The van der Waals surface area contributed by atoms with Crippen LogP contribution in [0.1, 0.15) is 42.9 Å². The molecule has 0 radical (unpaired) electrons. The van der Waals surface area contributed by atoms with E-state index in [0.29, 0.717) is 11.7 Å². The van der Waals surface area contributed by atoms with Crippen molar-refractivity contribution in [3.63, 3.8) is 0 Å². The van der Waals surface area contributed by atoms with Crippen LogP contribution in [-0.2, 0) is 22.6 Å². The number of esters is 1. The molecule has 0 aliphatic carbocycles. The molecule has 1 amide bonds. The number of likely N-dealkylation sites (tertiary alicyclic amines) is 1. The van der Waals surface area contributed by atoms with E-state index in [1.807, 2.05) is 10.7 Å². The predicted octanol–water partition coefficient (Wildman–Crippen LogP) is 0.246. The fraction of sp³-hybridized carbons (Fsp3) is 0.706. The Hall–Kier alpha value is -1.93. The molecule has 0 saturated carbocycles. The number of carbonyl (C=O) groups excluding carboxylic acids is 2. The van der Waals surface area contributed by atoms with Crippen LogP contribution in [0.4, 0.5) is 0 Å². The number of aliphatic hydroxyl groups excluding tert-OH is 1. The number of rotatable bonds is 3. The van der Waals surface area contributed by atoms with Gasteiger partial charge in [0.15, 0.2) is 5.69 Å². The first-order valence-electron chi connectivity index (χ1n) is 8.78. The number of methoxy groups -OCH3 is 1. The Labute approximate surface area is 147 Å². The van der Waals surface area contributed by atoms with Crippen molar-refractivity contribution < 1.29 is 19.4 Å². The van der Waals surface area contributed by atoms with E-state index in [9.17, 15) is 14.7 Å². The first-order valence-corrected chi connectivity index (χ1v) is 8.78. The van der Waals surface area contributed by atoms with E-state index in [1.165, 1.54) is 12.0 Å². The summed E-state index contributed by atoms with van der Waals surface area (Å²) in [5, 5.41) is 14.3. The van der Waals surface area contributed by atoms with Crippen molar-refractivity contribution in [2.24, 2.45) is 0 Å². The zero-order chi connectivity index (χ0) is 18.1. The van der Waals surface area contributed by atoms with Crippen molar-refractivity contribution >= 4 is 11.9 Å². The smallest absolute Gasteiger partial charge is 0.328 e. The molecule has 2 atom stereocenters. The molecule has 2 aliphatic heterocycles. The highest BCUT2D eigenvalue weighted by Crippen LogP contribution is 2.23. The molecular weight excluding hydrogens is 324 g/mol. The van der Waals surface area contributed by atoms with Gasteiger partial charge in [-0.25, -0.2) is 4.79 Å². The third-order valence-electron chi connectivity index (χ3n) is 5.01. The molecule has 3 rings (SSSR count). The minimum Gasteiger partial charge on any atom is -0.467 e. The Morgan fingerprint density at radius 1 is 1.36 bits per heavy atom. The molecule has 1 aromatic rings. The number of carbonyl (C=O) groups is 2. The SMILES string of the molecule is COC(=O)[C@@H]1C[C@@H](O)CN1C(=O)c1cc2n(n1)CCCN(C(C)C)C2. The molecule has 25 heavy (non-hydrogen) atoms. The second-order valence-corrected chi connectivity index (χ2v) is 7.05. The maximum absolute atomic E-state index is 12.9. The molecule has 3 heterocycles. The van der Waals surface area contributed by atoms with Crippen LogP contribution >= 0.6 is 0 Å². The summed E-state index contributed by atoms with van der Waals surface area (Å²) in [5.74, 6) is -0.833. The lowest BCUT2D eigenvalue weighted by Gasteiger charge is -2.23.